The van der Waals surface area contributed by atoms with Crippen LogP contribution in [0.3, 0.4) is 0 Å². The summed E-state index contributed by atoms with van der Waals surface area (Å²) in [6, 6.07) is 22.8. The smallest absolute Gasteiger partial charge is 0.196 e. The van der Waals surface area contributed by atoms with Crippen molar-refractivity contribution in [1.29, 1.82) is 0 Å². The average molecular weight is 428 g/mol. The highest BCUT2D eigenvalue weighted by molar-refractivity contribution is 9.10. The minimum atomic E-state index is 0.850. The Hall–Kier alpha value is -1.89. The highest BCUT2D eigenvalue weighted by atomic mass is 79.9. The molecule has 0 unspecified atom stereocenters. The molecule has 0 N–H and O–H groups in total. The molecule has 3 nitrogen and oxygen atoms in total. The number of hydrogen-bond acceptors (Lipinski definition) is 4. The number of para-hydroxylation sites is 1. The summed E-state index contributed by atoms with van der Waals surface area (Å²) in [4.78, 5) is 1.12. The van der Waals surface area contributed by atoms with E-state index in [2.05, 4.69) is 78.5 Å². The van der Waals surface area contributed by atoms with Gasteiger partial charge in [-0.3, -0.25) is 4.57 Å². The lowest BCUT2D eigenvalue weighted by Gasteiger charge is -2.09. The second-order valence-electron chi connectivity index (χ2n) is 5.37. The van der Waals surface area contributed by atoms with E-state index in [0.717, 1.165) is 31.8 Å². The second kappa shape index (κ2) is 7.56. The molecule has 0 aliphatic rings. The Kier molecular flexibility index (Phi) is 5.01. The van der Waals surface area contributed by atoms with Crippen molar-refractivity contribution in [1.82, 2.24) is 14.8 Å². The van der Waals surface area contributed by atoms with Crippen LogP contribution in [0.15, 0.2) is 81.7 Å². The standard InChI is InChI=1S/C19H14BrN3S2/c20-15-10-8-14(9-11-15)13-25-19-22-21-18(17-7-4-12-24-17)23(19)16-5-2-1-3-6-16/h1-12H,13H2. The van der Waals surface area contributed by atoms with Gasteiger partial charge in [-0.1, -0.05) is 64.1 Å². The normalized spacial score (nSPS) is 10.9. The van der Waals surface area contributed by atoms with Crippen molar-refractivity contribution >= 4 is 39.0 Å². The Bertz CT molecular complexity index is 948. The van der Waals surface area contributed by atoms with E-state index < -0.39 is 0 Å². The lowest BCUT2D eigenvalue weighted by molar-refractivity contribution is 0.886. The predicted molar refractivity (Wildman–Crippen MR) is 108 cm³/mol. The van der Waals surface area contributed by atoms with Crippen LogP contribution in [0, 0.1) is 0 Å². The summed E-state index contributed by atoms with van der Waals surface area (Å²) in [6.07, 6.45) is 0. The molecule has 124 valence electrons. The van der Waals surface area contributed by atoms with Gasteiger partial charge in [-0.2, -0.15) is 0 Å². The maximum atomic E-state index is 4.46. The quantitative estimate of drug-likeness (QED) is 0.363. The fraction of sp³-hybridized carbons (Fsp3) is 0.0526. The molecule has 0 saturated heterocycles. The summed E-state index contributed by atoms with van der Waals surface area (Å²) >= 11 is 6.85. The van der Waals surface area contributed by atoms with E-state index >= 15 is 0 Å². The average Bonchev–Trinajstić information content (AvgIpc) is 3.31. The van der Waals surface area contributed by atoms with E-state index in [9.17, 15) is 0 Å². The number of halogens is 1. The molecule has 6 heteroatoms. The molecule has 0 amide bonds. The van der Waals surface area contributed by atoms with Crippen molar-refractivity contribution in [2.24, 2.45) is 0 Å². The fourth-order valence-corrected chi connectivity index (χ4v) is 4.34. The molecule has 0 fully saturated rings. The van der Waals surface area contributed by atoms with Crippen LogP contribution < -0.4 is 0 Å². The fourth-order valence-electron chi connectivity index (χ4n) is 2.47. The predicted octanol–water partition coefficient (Wildman–Crippen LogP) is 6.05. The molecule has 0 bridgehead atoms. The van der Waals surface area contributed by atoms with Crippen LogP contribution in [0.1, 0.15) is 5.56 Å². The lowest BCUT2D eigenvalue weighted by atomic mass is 10.2. The zero-order chi connectivity index (χ0) is 17.1. The molecule has 0 saturated carbocycles. The van der Waals surface area contributed by atoms with Crippen LogP contribution in [0.5, 0.6) is 0 Å². The van der Waals surface area contributed by atoms with Crippen molar-refractivity contribution in [3.63, 3.8) is 0 Å². The molecule has 0 aliphatic carbocycles. The summed E-state index contributed by atoms with van der Waals surface area (Å²) in [6.45, 7) is 0. The van der Waals surface area contributed by atoms with Crippen LogP contribution in [0.25, 0.3) is 16.4 Å². The van der Waals surface area contributed by atoms with Crippen LogP contribution in [-0.2, 0) is 5.75 Å². The van der Waals surface area contributed by atoms with Gasteiger partial charge >= 0.3 is 0 Å². The molecule has 0 aliphatic heterocycles. The van der Waals surface area contributed by atoms with Crippen LogP contribution in [0.4, 0.5) is 0 Å². The third-order valence-corrected chi connectivity index (χ3v) is 6.07. The lowest BCUT2D eigenvalue weighted by Crippen LogP contribution is -1.98. The third kappa shape index (κ3) is 3.71. The number of aromatic nitrogens is 3. The minimum absolute atomic E-state index is 0.850. The van der Waals surface area contributed by atoms with Gasteiger partial charge in [-0.25, -0.2) is 0 Å². The van der Waals surface area contributed by atoms with Gasteiger partial charge in [-0.15, -0.1) is 21.5 Å². The van der Waals surface area contributed by atoms with E-state index in [-0.39, 0.29) is 0 Å². The topological polar surface area (TPSA) is 30.7 Å². The second-order valence-corrected chi connectivity index (χ2v) is 8.18. The molecule has 0 radical (unpaired) electrons. The molecule has 4 rings (SSSR count). The largest absolute Gasteiger partial charge is 0.269 e. The van der Waals surface area contributed by atoms with Crippen LogP contribution in [-0.4, -0.2) is 14.8 Å². The van der Waals surface area contributed by atoms with Crippen LogP contribution in [0.2, 0.25) is 0 Å². The Balaban J connectivity index is 1.69. The van der Waals surface area contributed by atoms with Gasteiger partial charge in [0.25, 0.3) is 0 Å². The van der Waals surface area contributed by atoms with Gasteiger partial charge in [-0.05, 0) is 41.3 Å². The molecule has 25 heavy (non-hydrogen) atoms. The van der Waals surface area contributed by atoms with Gasteiger partial charge in [0.05, 0.1) is 4.88 Å². The molecule has 0 spiro atoms. The van der Waals surface area contributed by atoms with Crippen molar-refractivity contribution in [2.75, 3.05) is 0 Å². The van der Waals surface area contributed by atoms with Crippen molar-refractivity contribution in [3.8, 4) is 16.4 Å². The zero-order valence-electron chi connectivity index (χ0n) is 13.2. The summed E-state index contributed by atoms with van der Waals surface area (Å²) < 4.78 is 3.23. The summed E-state index contributed by atoms with van der Waals surface area (Å²) in [5.41, 5.74) is 2.34. The maximum Gasteiger partial charge on any atom is 0.196 e. The Morgan fingerprint density at radius 3 is 2.44 bits per heavy atom. The van der Waals surface area contributed by atoms with E-state index in [0.29, 0.717) is 0 Å². The van der Waals surface area contributed by atoms with Crippen LogP contribution >= 0.6 is 39.0 Å². The first-order valence-corrected chi connectivity index (χ1v) is 10.4. The molecule has 2 heterocycles. The molecular formula is C19H14BrN3S2. The molecular weight excluding hydrogens is 414 g/mol. The van der Waals surface area contributed by atoms with Crippen molar-refractivity contribution in [3.05, 3.63) is 82.1 Å². The molecule has 2 aromatic carbocycles. The number of rotatable bonds is 5. The monoisotopic (exact) mass is 427 g/mol. The third-order valence-electron chi connectivity index (χ3n) is 3.67. The van der Waals surface area contributed by atoms with E-state index in [4.69, 9.17) is 0 Å². The van der Waals surface area contributed by atoms with E-state index in [1.165, 1.54) is 5.56 Å². The summed E-state index contributed by atoms with van der Waals surface area (Å²) in [5.74, 6) is 1.74. The van der Waals surface area contributed by atoms with Gasteiger partial charge in [0.1, 0.15) is 0 Å². The Morgan fingerprint density at radius 1 is 0.920 bits per heavy atom. The van der Waals surface area contributed by atoms with E-state index in [1.54, 1.807) is 23.1 Å². The number of hydrogen-bond donors (Lipinski definition) is 0. The minimum Gasteiger partial charge on any atom is -0.269 e. The van der Waals surface area contributed by atoms with Crippen molar-refractivity contribution < 1.29 is 0 Å². The number of thiophene rings is 1. The Labute approximate surface area is 162 Å². The SMILES string of the molecule is Brc1ccc(CSc2nnc(-c3cccs3)n2-c2ccccc2)cc1. The number of thioether (sulfide) groups is 1. The highest BCUT2D eigenvalue weighted by Crippen LogP contribution is 2.31. The first kappa shape index (κ1) is 16.6. The Morgan fingerprint density at radius 2 is 1.72 bits per heavy atom. The molecule has 4 aromatic rings. The summed E-state index contributed by atoms with van der Waals surface area (Å²) in [5, 5.41) is 11.9. The number of benzene rings is 2. The zero-order valence-corrected chi connectivity index (χ0v) is 16.4. The van der Waals surface area contributed by atoms with Gasteiger partial charge in [0.15, 0.2) is 11.0 Å². The first-order valence-electron chi connectivity index (χ1n) is 7.73. The van der Waals surface area contributed by atoms with Crippen molar-refractivity contribution in [2.45, 2.75) is 10.9 Å². The van der Waals surface area contributed by atoms with E-state index in [1.807, 2.05) is 24.3 Å². The maximum absolute atomic E-state index is 4.46. The summed E-state index contributed by atoms with van der Waals surface area (Å²) in [7, 11) is 0. The van der Waals surface area contributed by atoms with Gasteiger partial charge < -0.3 is 0 Å². The molecule has 2 aromatic heterocycles. The molecule has 0 atom stereocenters. The number of nitrogens with zero attached hydrogens (tertiary/aromatic N) is 3. The van der Waals surface area contributed by atoms with Gasteiger partial charge in [0.2, 0.25) is 0 Å². The van der Waals surface area contributed by atoms with Gasteiger partial charge in [0, 0.05) is 15.9 Å². The first-order chi connectivity index (χ1) is 12.3. The highest BCUT2D eigenvalue weighted by Gasteiger charge is 2.16.